The summed E-state index contributed by atoms with van der Waals surface area (Å²) in [6, 6.07) is 18.6. The largest absolute Gasteiger partial charge is 0.465 e. The number of rotatable bonds is 4. The average Bonchev–Trinajstić information content (AvgIpc) is 3.09. The molecule has 3 rings (SSSR count). The van der Waals surface area contributed by atoms with Crippen LogP contribution in [-0.2, 0) is 11.8 Å². The molecule has 0 saturated heterocycles. The number of aryl methyl sites for hydroxylation is 2. The summed E-state index contributed by atoms with van der Waals surface area (Å²) < 4.78 is 11.8. The molecule has 0 amide bonds. The molecule has 0 fully saturated rings. The normalized spacial score (nSPS) is 11.8. The van der Waals surface area contributed by atoms with Crippen molar-refractivity contribution in [3.8, 4) is 0 Å². The monoisotopic (exact) mass is 280 g/mol. The summed E-state index contributed by atoms with van der Waals surface area (Å²) in [5, 5.41) is 0. The molecule has 3 aromatic rings. The Kier molecular flexibility index (Phi) is 3.46. The van der Waals surface area contributed by atoms with E-state index in [0.717, 1.165) is 29.5 Å². The van der Waals surface area contributed by atoms with Gasteiger partial charge in [0.25, 0.3) is 0 Å². The van der Waals surface area contributed by atoms with Gasteiger partial charge in [0, 0.05) is 0 Å². The smallest absolute Gasteiger partial charge is 0.117 e. The molecule has 21 heavy (non-hydrogen) atoms. The van der Waals surface area contributed by atoms with E-state index in [2.05, 4.69) is 43.3 Å². The molecule has 1 aromatic carbocycles. The number of hydrogen-bond donors (Lipinski definition) is 0. The number of benzene rings is 1. The summed E-state index contributed by atoms with van der Waals surface area (Å²) in [6.45, 7) is 6.12. The molecular weight excluding hydrogens is 260 g/mol. The van der Waals surface area contributed by atoms with Gasteiger partial charge in [-0.1, -0.05) is 30.3 Å². The first-order valence-electron chi connectivity index (χ1n) is 7.26. The third-order valence-electron chi connectivity index (χ3n) is 3.97. The van der Waals surface area contributed by atoms with Crippen LogP contribution in [0, 0.1) is 13.8 Å². The highest BCUT2D eigenvalue weighted by atomic mass is 16.4. The van der Waals surface area contributed by atoms with E-state index in [9.17, 15) is 0 Å². The van der Waals surface area contributed by atoms with Crippen molar-refractivity contribution in [1.82, 2.24) is 0 Å². The predicted octanol–water partition coefficient (Wildman–Crippen LogP) is 5.04. The van der Waals surface area contributed by atoms with Gasteiger partial charge < -0.3 is 8.83 Å². The van der Waals surface area contributed by atoms with Gasteiger partial charge in [-0.25, -0.2) is 0 Å². The summed E-state index contributed by atoms with van der Waals surface area (Å²) >= 11 is 0. The van der Waals surface area contributed by atoms with E-state index >= 15 is 0 Å². The number of furan rings is 2. The lowest BCUT2D eigenvalue weighted by molar-refractivity contribution is 0.330. The molecule has 2 nitrogen and oxygen atoms in total. The van der Waals surface area contributed by atoms with Crippen LogP contribution in [0.3, 0.4) is 0 Å². The molecule has 0 bridgehead atoms. The Bertz CT molecular complexity index is 679. The molecule has 0 spiro atoms. The van der Waals surface area contributed by atoms with Crippen LogP contribution in [0.15, 0.2) is 63.4 Å². The Morgan fingerprint density at radius 1 is 0.762 bits per heavy atom. The van der Waals surface area contributed by atoms with Crippen molar-refractivity contribution in [3.63, 3.8) is 0 Å². The quantitative estimate of drug-likeness (QED) is 0.669. The summed E-state index contributed by atoms with van der Waals surface area (Å²) in [5.41, 5.74) is 0.965. The van der Waals surface area contributed by atoms with Crippen LogP contribution in [0.25, 0.3) is 0 Å². The van der Waals surface area contributed by atoms with Crippen molar-refractivity contribution < 1.29 is 8.83 Å². The molecule has 0 saturated carbocycles. The third-order valence-corrected chi connectivity index (χ3v) is 3.97. The summed E-state index contributed by atoms with van der Waals surface area (Å²) in [5.74, 6) is 3.73. The highest BCUT2D eigenvalue weighted by Crippen LogP contribution is 2.37. The molecule has 0 aliphatic carbocycles. The zero-order valence-electron chi connectivity index (χ0n) is 12.7. The second-order valence-corrected chi connectivity index (χ2v) is 5.82. The van der Waals surface area contributed by atoms with E-state index in [1.807, 2.05) is 32.0 Å². The maximum atomic E-state index is 5.92. The minimum absolute atomic E-state index is 0.302. The first kappa shape index (κ1) is 13.7. The van der Waals surface area contributed by atoms with Crippen molar-refractivity contribution in [2.45, 2.75) is 32.6 Å². The van der Waals surface area contributed by atoms with Gasteiger partial charge in [-0.3, -0.25) is 0 Å². The Hall–Kier alpha value is -2.22. The summed E-state index contributed by atoms with van der Waals surface area (Å²) in [4.78, 5) is 0. The maximum Gasteiger partial charge on any atom is 0.117 e. The Labute approximate surface area is 125 Å². The highest BCUT2D eigenvalue weighted by Gasteiger charge is 2.35. The van der Waals surface area contributed by atoms with E-state index in [1.165, 1.54) is 5.56 Å². The van der Waals surface area contributed by atoms with Crippen molar-refractivity contribution in [2.24, 2.45) is 0 Å². The van der Waals surface area contributed by atoms with Gasteiger partial charge in [-0.15, -0.1) is 0 Å². The first-order chi connectivity index (χ1) is 10.1. The standard InChI is InChI=1S/C19H20O2/c1-14-9-11-17(20-14)19(3,18-12-10-15(2)21-18)13-16-7-5-4-6-8-16/h4-12H,13H2,1-3H3. The lowest BCUT2D eigenvalue weighted by Crippen LogP contribution is -2.25. The second kappa shape index (κ2) is 5.28. The third kappa shape index (κ3) is 2.66. The van der Waals surface area contributed by atoms with E-state index in [0.29, 0.717) is 0 Å². The molecule has 2 aromatic heterocycles. The fourth-order valence-corrected chi connectivity index (χ4v) is 2.76. The maximum absolute atomic E-state index is 5.92. The molecule has 0 aliphatic rings. The van der Waals surface area contributed by atoms with Gasteiger partial charge in [0.2, 0.25) is 0 Å². The summed E-state index contributed by atoms with van der Waals surface area (Å²) in [6.07, 6.45) is 0.841. The van der Waals surface area contributed by atoms with Gasteiger partial charge in [0.15, 0.2) is 0 Å². The first-order valence-corrected chi connectivity index (χ1v) is 7.26. The van der Waals surface area contributed by atoms with Crippen molar-refractivity contribution in [1.29, 1.82) is 0 Å². The molecule has 0 radical (unpaired) electrons. The van der Waals surface area contributed by atoms with Crippen molar-refractivity contribution in [2.75, 3.05) is 0 Å². The van der Waals surface area contributed by atoms with Gasteiger partial charge in [0.1, 0.15) is 23.0 Å². The Morgan fingerprint density at radius 2 is 1.29 bits per heavy atom. The summed E-state index contributed by atoms with van der Waals surface area (Å²) in [7, 11) is 0. The minimum atomic E-state index is -0.302. The fraction of sp³-hybridized carbons (Fsp3) is 0.263. The van der Waals surface area contributed by atoms with Crippen LogP contribution in [0.1, 0.15) is 35.5 Å². The lowest BCUT2D eigenvalue weighted by atomic mass is 9.79. The zero-order valence-corrected chi connectivity index (χ0v) is 12.7. The number of hydrogen-bond acceptors (Lipinski definition) is 2. The molecule has 0 atom stereocenters. The molecular formula is C19H20O2. The van der Waals surface area contributed by atoms with Crippen LogP contribution in [-0.4, -0.2) is 0 Å². The van der Waals surface area contributed by atoms with E-state index < -0.39 is 0 Å². The lowest BCUT2D eigenvalue weighted by Gasteiger charge is -2.25. The van der Waals surface area contributed by atoms with Crippen LogP contribution >= 0.6 is 0 Å². The van der Waals surface area contributed by atoms with Crippen LogP contribution in [0.4, 0.5) is 0 Å². The van der Waals surface area contributed by atoms with Crippen LogP contribution < -0.4 is 0 Å². The van der Waals surface area contributed by atoms with Gasteiger partial charge in [0.05, 0.1) is 5.41 Å². The SMILES string of the molecule is Cc1ccc(C(C)(Cc2ccccc2)c2ccc(C)o2)o1. The van der Waals surface area contributed by atoms with Crippen molar-refractivity contribution in [3.05, 3.63) is 83.2 Å². The topological polar surface area (TPSA) is 26.3 Å². The fourth-order valence-electron chi connectivity index (χ4n) is 2.76. The van der Waals surface area contributed by atoms with Gasteiger partial charge in [-0.2, -0.15) is 0 Å². The molecule has 2 heterocycles. The van der Waals surface area contributed by atoms with Gasteiger partial charge >= 0.3 is 0 Å². The van der Waals surface area contributed by atoms with Crippen molar-refractivity contribution >= 4 is 0 Å². The molecule has 0 aliphatic heterocycles. The predicted molar refractivity (Wildman–Crippen MR) is 83.5 cm³/mol. The van der Waals surface area contributed by atoms with Crippen LogP contribution in [0.2, 0.25) is 0 Å². The van der Waals surface area contributed by atoms with Crippen LogP contribution in [0.5, 0.6) is 0 Å². The van der Waals surface area contributed by atoms with E-state index in [-0.39, 0.29) is 5.41 Å². The minimum Gasteiger partial charge on any atom is -0.465 e. The molecule has 2 heteroatoms. The zero-order chi connectivity index (χ0) is 14.9. The highest BCUT2D eigenvalue weighted by molar-refractivity contribution is 5.33. The molecule has 108 valence electrons. The Morgan fingerprint density at radius 3 is 1.71 bits per heavy atom. The molecule has 0 N–H and O–H groups in total. The second-order valence-electron chi connectivity index (χ2n) is 5.82. The van der Waals surface area contributed by atoms with E-state index in [1.54, 1.807) is 0 Å². The average molecular weight is 280 g/mol. The van der Waals surface area contributed by atoms with E-state index in [4.69, 9.17) is 8.83 Å². The molecule has 0 unspecified atom stereocenters. The Balaban J connectivity index is 2.06. The van der Waals surface area contributed by atoms with Gasteiger partial charge in [-0.05, 0) is 57.0 Å².